The van der Waals surface area contributed by atoms with Crippen molar-refractivity contribution in [3.63, 3.8) is 0 Å². The lowest BCUT2D eigenvalue weighted by molar-refractivity contribution is 0.197. The van der Waals surface area contributed by atoms with Crippen LogP contribution in [0, 0.1) is 5.82 Å². The van der Waals surface area contributed by atoms with E-state index in [1.807, 2.05) is 0 Å². The molecule has 0 fully saturated rings. The van der Waals surface area contributed by atoms with Crippen LogP contribution >= 0.6 is 22.6 Å². The van der Waals surface area contributed by atoms with E-state index in [4.69, 9.17) is 0 Å². The summed E-state index contributed by atoms with van der Waals surface area (Å²) < 4.78 is 34.8. The molecule has 0 aromatic heterocycles. The zero-order valence-electron chi connectivity index (χ0n) is 8.60. The zero-order valence-corrected chi connectivity index (χ0v) is 11.6. The van der Waals surface area contributed by atoms with Crippen LogP contribution < -0.4 is 0 Å². The maximum Gasteiger partial charge on any atom is 0.164 e. The predicted molar refractivity (Wildman–Crippen MR) is 68.6 cm³/mol. The minimum Gasteiger partial charge on any atom is -0.386 e. The van der Waals surface area contributed by atoms with Gasteiger partial charge in [0.1, 0.15) is 15.2 Å². The molecule has 0 radical (unpaired) electrons. The number of alkyl halides is 1. The van der Waals surface area contributed by atoms with E-state index < -0.39 is 25.0 Å². The van der Waals surface area contributed by atoms with Crippen LogP contribution in [0.25, 0.3) is 0 Å². The average Bonchev–Trinajstić information content (AvgIpc) is 2.28. The van der Waals surface area contributed by atoms with E-state index in [2.05, 4.69) is 0 Å². The Hall–Kier alpha value is -0.210. The highest BCUT2D eigenvalue weighted by Crippen LogP contribution is 2.27. The molecule has 2 atom stereocenters. The number of hydrogen-bond donors (Lipinski definition) is 1. The molecule has 90 valence electrons. The molecule has 3 nitrogen and oxygen atoms in total. The number of aliphatic hydroxyl groups is 1. The fourth-order valence-electron chi connectivity index (χ4n) is 1.17. The number of sulfone groups is 1. The van der Waals surface area contributed by atoms with E-state index in [9.17, 15) is 17.9 Å². The van der Waals surface area contributed by atoms with Gasteiger partial charge in [0.25, 0.3) is 0 Å². The molecule has 0 heterocycles. The summed E-state index contributed by atoms with van der Waals surface area (Å²) in [6.45, 7) is 1.53. The highest BCUT2D eigenvalue weighted by molar-refractivity contribution is 14.1. The van der Waals surface area contributed by atoms with Gasteiger partial charge in [-0.05, 0) is 17.7 Å². The van der Waals surface area contributed by atoms with E-state index in [1.54, 1.807) is 22.6 Å². The number of rotatable bonds is 4. The molecule has 0 aliphatic rings. The maximum absolute atomic E-state index is 12.6. The number of benzene rings is 1. The van der Waals surface area contributed by atoms with Crippen LogP contribution in [0.15, 0.2) is 24.3 Å². The Morgan fingerprint density at radius 1 is 1.38 bits per heavy atom. The second-order valence-electron chi connectivity index (χ2n) is 3.30. The van der Waals surface area contributed by atoms with Crippen molar-refractivity contribution in [1.82, 2.24) is 0 Å². The third-order valence-electron chi connectivity index (χ3n) is 2.21. The Kier molecular flexibility index (Phi) is 4.69. The number of halogens is 2. The van der Waals surface area contributed by atoms with Crippen molar-refractivity contribution < 1.29 is 17.9 Å². The molecule has 0 spiro atoms. The fourth-order valence-corrected chi connectivity index (χ4v) is 3.53. The first kappa shape index (κ1) is 13.9. The molecule has 1 N–H and O–H groups in total. The monoisotopic (exact) mass is 358 g/mol. The van der Waals surface area contributed by atoms with Gasteiger partial charge in [-0.1, -0.05) is 41.6 Å². The summed E-state index contributed by atoms with van der Waals surface area (Å²) in [5, 5.41) is 9.84. The predicted octanol–water partition coefficient (Wildman–Crippen LogP) is 2.05. The summed E-state index contributed by atoms with van der Waals surface area (Å²) in [6.07, 6.45) is -1.13. The molecule has 0 amide bonds. The number of hydrogen-bond acceptors (Lipinski definition) is 3. The second kappa shape index (κ2) is 5.42. The van der Waals surface area contributed by atoms with Gasteiger partial charge in [0.2, 0.25) is 0 Å². The van der Waals surface area contributed by atoms with Crippen LogP contribution in [0.5, 0.6) is 0 Å². The summed E-state index contributed by atoms with van der Waals surface area (Å²) in [6, 6.07) is 5.16. The summed E-state index contributed by atoms with van der Waals surface area (Å²) >= 11 is 1.69. The van der Waals surface area contributed by atoms with Crippen LogP contribution in [0.2, 0.25) is 0 Å². The van der Waals surface area contributed by atoms with Crippen molar-refractivity contribution in [3.8, 4) is 0 Å². The van der Waals surface area contributed by atoms with Crippen LogP contribution in [0.4, 0.5) is 4.39 Å². The molecule has 16 heavy (non-hydrogen) atoms. The van der Waals surface area contributed by atoms with Crippen molar-refractivity contribution in [2.75, 3.05) is 5.75 Å². The first-order valence-corrected chi connectivity index (χ1v) is 7.63. The Balaban J connectivity index is 2.94. The van der Waals surface area contributed by atoms with Crippen LogP contribution in [0.1, 0.15) is 18.6 Å². The van der Waals surface area contributed by atoms with Crippen LogP contribution in [-0.2, 0) is 9.84 Å². The lowest BCUT2D eigenvalue weighted by Gasteiger charge is -2.17. The highest BCUT2D eigenvalue weighted by Gasteiger charge is 2.29. The smallest absolute Gasteiger partial charge is 0.164 e. The second-order valence-corrected chi connectivity index (χ2v) is 7.90. The van der Waals surface area contributed by atoms with Crippen molar-refractivity contribution >= 4 is 32.4 Å². The maximum atomic E-state index is 12.6. The summed E-state index contributed by atoms with van der Waals surface area (Å²) in [5.41, 5.74) is 0.401. The van der Waals surface area contributed by atoms with Crippen LogP contribution in [0.3, 0.4) is 0 Å². The first-order valence-electron chi connectivity index (χ1n) is 4.67. The minimum absolute atomic E-state index is 0.0289. The minimum atomic E-state index is -3.31. The molecule has 0 saturated carbocycles. The summed E-state index contributed by atoms with van der Waals surface area (Å²) in [5.74, 6) is -0.446. The number of aliphatic hydroxyl groups excluding tert-OH is 1. The molecule has 1 aromatic rings. The van der Waals surface area contributed by atoms with E-state index in [0.29, 0.717) is 5.56 Å². The molecule has 0 aliphatic heterocycles. The molecule has 0 aliphatic carbocycles. The van der Waals surface area contributed by atoms with Crippen molar-refractivity contribution in [3.05, 3.63) is 35.6 Å². The van der Waals surface area contributed by atoms with E-state index in [1.165, 1.54) is 31.2 Å². The van der Waals surface area contributed by atoms with Gasteiger partial charge in [0.05, 0.1) is 0 Å². The normalized spacial score (nSPS) is 15.8. The fraction of sp³-hybridized carbons (Fsp3) is 0.400. The Labute approximate surface area is 108 Å². The highest BCUT2D eigenvalue weighted by atomic mass is 127. The Bertz CT molecular complexity index is 444. The summed E-state index contributed by atoms with van der Waals surface area (Å²) in [7, 11) is -3.31. The standard InChI is InChI=1S/C10H12FIO3S/c1-2-16(14,15)10(12)9(13)7-3-5-8(11)6-4-7/h3-6,9-10,13H,2H2,1H3. The van der Waals surface area contributed by atoms with Crippen LogP contribution in [-0.4, -0.2) is 22.5 Å². The van der Waals surface area contributed by atoms with Crippen molar-refractivity contribution in [2.45, 2.75) is 16.3 Å². The van der Waals surface area contributed by atoms with Gasteiger partial charge in [-0.15, -0.1) is 0 Å². The van der Waals surface area contributed by atoms with E-state index >= 15 is 0 Å². The molecule has 6 heteroatoms. The van der Waals surface area contributed by atoms with Gasteiger partial charge in [-0.3, -0.25) is 0 Å². The van der Waals surface area contributed by atoms with Gasteiger partial charge in [-0.2, -0.15) is 0 Å². The van der Waals surface area contributed by atoms with Gasteiger partial charge >= 0.3 is 0 Å². The topological polar surface area (TPSA) is 54.4 Å². The quantitative estimate of drug-likeness (QED) is 0.662. The lowest BCUT2D eigenvalue weighted by Crippen LogP contribution is -2.24. The Morgan fingerprint density at radius 3 is 2.31 bits per heavy atom. The zero-order chi connectivity index (χ0) is 12.3. The van der Waals surface area contributed by atoms with E-state index in [0.717, 1.165) is 0 Å². The van der Waals surface area contributed by atoms with Gasteiger partial charge in [0.15, 0.2) is 9.84 Å². The molecular weight excluding hydrogens is 346 g/mol. The SMILES string of the molecule is CCS(=O)(=O)C(I)C(O)c1ccc(F)cc1. The third-order valence-corrected chi connectivity index (χ3v) is 6.96. The third kappa shape index (κ3) is 3.14. The Morgan fingerprint density at radius 2 is 1.88 bits per heavy atom. The summed E-state index contributed by atoms with van der Waals surface area (Å²) in [4.78, 5) is 0. The molecule has 1 aromatic carbocycles. The first-order chi connectivity index (χ1) is 7.38. The largest absolute Gasteiger partial charge is 0.386 e. The average molecular weight is 358 g/mol. The van der Waals surface area contributed by atoms with Crippen molar-refractivity contribution in [1.29, 1.82) is 0 Å². The van der Waals surface area contributed by atoms with E-state index in [-0.39, 0.29) is 5.75 Å². The van der Waals surface area contributed by atoms with Gasteiger partial charge in [-0.25, -0.2) is 12.8 Å². The molecule has 0 saturated heterocycles. The molecule has 2 unspecified atom stereocenters. The molecular formula is C10H12FIO3S. The molecule has 1 rings (SSSR count). The van der Waals surface area contributed by atoms with Gasteiger partial charge < -0.3 is 5.11 Å². The van der Waals surface area contributed by atoms with Gasteiger partial charge in [0, 0.05) is 5.75 Å². The lowest BCUT2D eigenvalue weighted by atomic mass is 10.1. The molecule has 0 bridgehead atoms. The van der Waals surface area contributed by atoms with Crippen molar-refractivity contribution in [2.24, 2.45) is 0 Å².